The monoisotopic (exact) mass is 94.1 g/mol. The summed E-state index contributed by atoms with van der Waals surface area (Å²) < 4.78 is 0. The molecule has 0 aromatic heterocycles. The van der Waals surface area contributed by atoms with Gasteiger partial charge in [0.25, 0.3) is 0 Å². The van der Waals surface area contributed by atoms with Gasteiger partial charge >= 0.3 is 0 Å². The van der Waals surface area contributed by atoms with Crippen LogP contribution in [0.25, 0.3) is 0 Å². The van der Waals surface area contributed by atoms with E-state index in [9.17, 15) is 0 Å². The van der Waals surface area contributed by atoms with Crippen molar-refractivity contribution >= 4 is 0 Å². The van der Waals surface area contributed by atoms with Crippen LogP contribution in [-0.2, 0) is 0 Å². The lowest BCUT2D eigenvalue weighted by Gasteiger charge is -1.98. The molecule has 0 N–H and O–H groups in total. The van der Waals surface area contributed by atoms with Crippen molar-refractivity contribution in [2.24, 2.45) is 5.41 Å². The fraction of sp³-hybridized carbons (Fsp3) is 0.714. The molecule has 2 aliphatic carbocycles. The summed E-state index contributed by atoms with van der Waals surface area (Å²) in [5.74, 6) is 0. The normalized spacial score (nSPS) is 32.0. The molecule has 0 nitrogen and oxygen atoms in total. The molecule has 7 heavy (non-hydrogen) atoms. The van der Waals surface area contributed by atoms with E-state index in [-0.39, 0.29) is 0 Å². The first-order chi connectivity index (χ1) is 3.41. The van der Waals surface area contributed by atoms with E-state index in [1.165, 1.54) is 25.7 Å². The molecule has 38 valence electrons. The lowest BCUT2D eigenvalue weighted by atomic mass is 10.1. The van der Waals surface area contributed by atoms with Gasteiger partial charge in [0.05, 0.1) is 0 Å². The minimum absolute atomic E-state index is 0.833. The second-order valence-corrected chi connectivity index (χ2v) is 2.88. The molecule has 0 aliphatic heterocycles. The number of hydrogen-bond donors (Lipinski definition) is 0. The van der Waals surface area contributed by atoms with Crippen LogP contribution >= 0.6 is 0 Å². The Balaban J connectivity index is 2.14. The molecule has 0 radical (unpaired) electrons. The number of rotatable bonds is 0. The van der Waals surface area contributed by atoms with E-state index in [0.29, 0.717) is 0 Å². The second-order valence-electron chi connectivity index (χ2n) is 2.88. The Hall–Kier alpha value is -0.260. The first kappa shape index (κ1) is 3.71. The largest absolute Gasteiger partial charge is 0.0880 e. The zero-order chi connectivity index (χ0) is 4.74. The van der Waals surface area contributed by atoms with Gasteiger partial charge in [-0.15, -0.1) is 0 Å². The highest BCUT2D eigenvalue weighted by Crippen LogP contribution is 2.54. The quantitative estimate of drug-likeness (QED) is 0.403. The molecule has 2 aliphatic rings. The Bertz CT molecular complexity index is 97.2. The maximum absolute atomic E-state index is 2.33. The maximum atomic E-state index is 2.33. The molecule has 0 heteroatoms. The van der Waals surface area contributed by atoms with Gasteiger partial charge in [-0.1, -0.05) is 12.2 Å². The van der Waals surface area contributed by atoms with Crippen molar-refractivity contribution in [3.8, 4) is 0 Å². The third-order valence-electron chi connectivity index (χ3n) is 2.23. The van der Waals surface area contributed by atoms with Gasteiger partial charge in [-0.05, 0) is 31.1 Å². The van der Waals surface area contributed by atoms with E-state index in [1.54, 1.807) is 0 Å². The van der Waals surface area contributed by atoms with E-state index in [0.717, 1.165) is 5.41 Å². The highest BCUT2D eigenvalue weighted by Gasteiger charge is 2.41. The number of allylic oxidation sites excluding steroid dienone is 2. The molecular weight excluding hydrogens is 84.1 g/mol. The Morgan fingerprint density at radius 3 is 1.86 bits per heavy atom. The van der Waals surface area contributed by atoms with Gasteiger partial charge in [-0.25, -0.2) is 0 Å². The van der Waals surface area contributed by atoms with E-state index in [1.807, 2.05) is 0 Å². The lowest BCUT2D eigenvalue weighted by molar-refractivity contribution is 0.559. The summed E-state index contributed by atoms with van der Waals surface area (Å²) in [6.07, 6.45) is 10.4. The molecule has 0 aromatic rings. The van der Waals surface area contributed by atoms with Crippen molar-refractivity contribution in [3.63, 3.8) is 0 Å². The van der Waals surface area contributed by atoms with Crippen LogP contribution in [0.1, 0.15) is 25.7 Å². The molecule has 0 amide bonds. The summed E-state index contributed by atoms with van der Waals surface area (Å²) in [5.41, 5.74) is 0.833. The molecule has 0 saturated heterocycles. The topological polar surface area (TPSA) is 0 Å². The molecule has 1 spiro atoms. The van der Waals surface area contributed by atoms with Crippen LogP contribution in [0.2, 0.25) is 0 Å². The lowest BCUT2D eigenvalue weighted by Crippen LogP contribution is -1.87. The zero-order valence-electron chi connectivity index (χ0n) is 4.48. The Morgan fingerprint density at radius 1 is 1.00 bits per heavy atom. The molecule has 2 rings (SSSR count). The van der Waals surface area contributed by atoms with Crippen LogP contribution in [0.15, 0.2) is 12.2 Å². The summed E-state index contributed by atoms with van der Waals surface area (Å²) in [6.45, 7) is 0. The van der Waals surface area contributed by atoms with Crippen molar-refractivity contribution in [2.75, 3.05) is 0 Å². The third-order valence-corrected chi connectivity index (χ3v) is 2.23. The van der Waals surface area contributed by atoms with E-state index in [2.05, 4.69) is 12.2 Å². The van der Waals surface area contributed by atoms with Gasteiger partial charge in [-0.3, -0.25) is 0 Å². The summed E-state index contributed by atoms with van der Waals surface area (Å²) in [4.78, 5) is 0. The first-order valence-corrected chi connectivity index (χ1v) is 3.06. The SMILES string of the molecule is C1=CCC2(C1)CC2. The molecule has 1 fully saturated rings. The molecule has 0 bridgehead atoms. The first-order valence-electron chi connectivity index (χ1n) is 3.06. The van der Waals surface area contributed by atoms with Gasteiger partial charge in [0.15, 0.2) is 0 Å². The van der Waals surface area contributed by atoms with Crippen LogP contribution in [-0.4, -0.2) is 0 Å². The third kappa shape index (κ3) is 0.425. The minimum atomic E-state index is 0.833. The van der Waals surface area contributed by atoms with Crippen molar-refractivity contribution < 1.29 is 0 Å². The van der Waals surface area contributed by atoms with Gasteiger partial charge < -0.3 is 0 Å². The van der Waals surface area contributed by atoms with E-state index < -0.39 is 0 Å². The van der Waals surface area contributed by atoms with Gasteiger partial charge in [0, 0.05) is 0 Å². The van der Waals surface area contributed by atoms with Crippen LogP contribution in [0.5, 0.6) is 0 Å². The van der Waals surface area contributed by atoms with Crippen LogP contribution in [0.3, 0.4) is 0 Å². The Labute approximate surface area is 44.2 Å². The minimum Gasteiger partial charge on any atom is -0.0880 e. The second kappa shape index (κ2) is 0.936. The maximum Gasteiger partial charge on any atom is -0.0228 e. The fourth-order valence-electron chi connectivity index (χ4n) is 1.34. The Kier molecular flexibility index (Phi) is 0.495. The molecule has 0 heterocycles. The summed E-state index contributed by atoms with van der Waals surface area (Å²) in [7, 11) is 0. The standard InChI is InChI=1S/C7H10/c1-2-4-7(3-1)5-6-7/h1-2H,3-6H2. The van der Waals surface area contributed by atoms with Crippen LogP contribution in [0.4, 0.5) is 0 Å². The van der Waals surface area contributed by atoms with E-state index in [4.69, 9.17) is 0 Å². The fourth-order valence-corrected chi connectivity index (χ4v) is 1.34. The van der Waals surface area contributed by atoms with Crippen molar-refractivity contribution in [3.05, 3.63) is 12.2 Å². The molecular formula is C7H10. The molecule has 1 saturated carbocycles. The number of hydrogen-bond acceptors (Lipinski definition) is 0. The summed E-state index contributed by atoms with van der Waals surface area (Å²) >= 11 is 0. The predicted molar refractivity (Wildman–Crippen MR) is 30.0 cm³/mol. The molecule has 0 aromatic carbocycles. The summed E-state index contributed by atoms with van der Waals surface area (Å²) in [5, 5.41) is 0. The average Bonchev–Trinajstić information content (AvgIpc) is 2.15. The van der Waals surface area contributed by atoms with E-state index >= 15 is 0 Å². The predicted octanol–water partition coefficient (Wildman–Crippen LogP) is 2.12. The van der Waals surface area contributed by atoms with Crippen molar-refractivity contribution in [1.82, 2.24) is 0 Å². The average molecular weight is 94.2 g/mol. The zero-order valence-corrected chi connectivity index (χ0v) is 4.48. The van der Waals surface area contributed by atoms with Gasteiger partial charge in [0.1, 0.15) is 0 Å². The van der Waals surface area contributed by atoms with Gasteiger partial charge in [0.2, 0.25) is 0 Å². The van der Waals surface area contributed by atoms with Crippen molar-refractivity contribution in [1.29, 1.82) is 0 Å². The van der Waals surface area contributed by atoms with Crippen molar-refractivity contribution in [2.45, 2.75) is 25.7 Å². The molecule has 0 atom stereocenters. The highest BCUT2D eigenvalue weighted by molar-refractivity contribution is 5.09. The molecule has 0 unspecified atom stereocenters. The highest BCUT2D eigenvalue weighted by atomic mass is 14.5. The van der Waals surface area contributed by atoms with Gasteiger partial charge in [-0.2, -0.15) is 0 Å². The summed E-state index contributed by atoms with van der Waals surface area (Å²) in [6, 6.07) is 0. The van der Waals surface area contributed by atoms with Crippen LogP contribution in [0, 0.1) is 5.41 Å². The van der Waals surface area contributed by atoms with Crippen LogP contribution < -0.4 is 0 Å². The smallest absolute Gasteiger partial charge is 0.0228 e. The Morgan fingerprint density at radius 2 is 1.57 bits per heavy atom.